The van der Waals surface area contributed by atoms with Crippen molar-refractivity contribution < 1.29 is 19.1 Å². The summed E-state index contributed by atoms with van der Waals surface area (Å²) in [5, 5.41) is 2.69. The average molecular weight is 749 g/mol. The minimum Gasteiger partial charge on any atom is -0.453 e. The Morgan fingerprint density at radius 3 is 1.68 bits per heavy atom. The molecule has 4 heterocycles. The van der Waals surface area contributed by atoms with Gasteiger partial charge in [0, 0.05) is 24.2 Å². The zero-order valence-corrected chi connectivity index (χ0v) is 31.7. The molecule has 0 radical (unpaired) electrons. The topological polar surface area (TPSA) is 140 Å². The van der Waals surface area contributed by atoms with Crippen molar-refractivity contribution >= 4 is 17.9 Å². The van der Waals surface area contributed by atoms with E-state index >= 15 is 0 Å². The van der Waals surface area contributed by atoms with Gasteiger partial charge in [0.15, 0.2) is 0 Å². The normalized spacial score (nSPS) is 17.4. The van der Waals surface area contributed by atoms with Gasteiger partial charge in [-0.3, -0.25) is 14.5 Å². The molecule has 0 spiro atoms. The van der Waals surface area contributed by atoms with Gasteiger partial charge in [-0.15, -0.1) is 0 Å². The van der Waals surface area contributed by atoms with E-state index in [1.54, 1.807) is 17.3 Å². The number of likely N-dealkylation sites (tertiary alicyclic amines) is 2. The highest BCUT2D eigenvalue weighted by atomic mass is 16.5. The molecular formula is C44H44N8O4. The van der Waals surface area contributed by atoms with E-state index in [1.165, 1.54) is 7.11 Å². The lowest BCUT2D eigenvalue weighted by Gasteiger charge is -2.31. The largest absolute Gasteiger partial charge is 0.453 e. The van der Waals surface area contributed by atoms with Crippen LogP contribution in [0.5, 0.6) is 0 Å². The third kappa shape index (κ3) is 8.51. The number of amides is 3. The number of aromatic nitrogens is 4. The molecular weight excluding hydrogens is 705 g/mol. The van der Waals surface area contributed by atoms with E-state index in [9.17, 15) is 14.4 Å². The van der Waals surface area contributed by atoms with Crippen molar-refractivity contribution in [3.8, 4) is 23.7 Å². The fourth-order valence-electron chi connectivity index (χ4n) is 7.41. The third-order valence-corrected chi connectivity index (χ3v) is 10.2. The molecule has 4 unspecified atom stereocenters. The lowest BCUT2D eigenvalue weighted by Crippen LogP contribution is -2.42. The SMILES string of the molecule is COC(=O)NC(C(=O)N1CCCC1c1ncc(C#Cc2ccc(C#Cc3cnc(C4CCCN4C(=O)C(c4ccccc4)N(C)C)[nH]3)cc2)[nH]1)c1ccccc1. The zero-order chi connectivity index (χ0) is 39.0. The van der Waals surface area contributed by atoms with Gasteiger partial charge in [-0.25, -0.2) is 14.8 Å². The van der Waals surface area contributed by atoms with Crippen LogP contribution in [0.2, 0.25) is 0 Å². The number of benzene rings is 3. The van der Waals surface area contributed by atoms with Crippen LogP contribution in [0.15, 0.2) is 97.3 Å². The molecule has 0 bridgehead atoms. The van der Waals surface area contributed by atoms with Gasteiger partial charge >= 0.3 is 6.09 Å². The molecule has 12 heteroatoms. The van der Waals surface area contributed by atoms with Crippen molar-refractivity contribution in [2.45, 2.75) is 49.9 Å². The van der Waals surface area contributed by atoms with E-state index < -0.39 is 12.1 Å². The molecule has 56 heavy (non-hydrogen) atoms. The Kier molecular flexibility index (Phi) is 11.6. The molecule has 3 N–H and O–H groups in total. The first-order valence-corrected chi connectivity index (χ1v) is 18.7. The van der Waals surface area contributed by atoms with Gasteiger partial charge in [0.25, 0.3) is 5.91 Å². The molecule has 2 aromatic heterocycles. The summed E-state index contributed by atoms with van der Waals surface area (Å²) in [6.07, 6.45) is 6.02. The number of alkyl carbamates (subject to hydrolysis) is 1. The van der Waals surface area contributed by atoms with Crippen molar-refractivity contribution in [1.29, 1.82) is 0 Å². The number of nitrogens with zero attached hydrogens (tertiary/aromatic N) is 5. The first kappa shape index (κ1) is 37.7. The van der Waals surface area contributed by atoms with Gasteiger partial charge < -0.3 is 29.8 Å². The minimum absolute atomic E-state index is 0.0694. The summed E-state index contributed by atoms with van der Waals surface area (Å²) >= 11 is 0. The van der Waals surface area contributed by atoms with Crippen molar-refractivity contribution in [2.75, 3.05) is 34.3 Å². The second kappa shape index (κ2) is 17.2. The highest BCUT2D eigenvalue weighted by molar-refractivity contribution is 5.87. The Morgan fingerprint density at radius 1 is 0.714 bits per heavy atom. The maximum Gasteiger partial charge on any atom is 0.407 e. The number of hydrogen-bond donors (Lipinski definition) is 3. The number of carbonyl (C=O) groups excluding carboxylic acids is 3. The number of rotatable bonds is 8. The average Bonchev–Trinajstić information content (AvgIpc) is 4.06. The number of aromatic amines is 2. The van der Waals surface area contributed by atoms with Crippen LogP contribution in [0.25, 0.3) is 0 Å². The molecule has 2 fully saturated rings. The molecule has 3 amide bonds. The van der Waals surface area contributed by atoms with Gasteiger partial charge in [0.05, 0.1) is 31.6 Å². The Labute approximate surface area is 326 Å². The van der Waals surface area contributed by atoms with Crippen LogP contribution < -0.4 is 5.32 Å². The number of hydrogen-bond acceptors (Lipinski definition) is 7. The summed E-state index contributed by atoms with van der Waals surface area (Å²) in [5.41, 5.74) is 4.59. The van der Waals surface area contributed by atoms with Gasteiger partial charge in [0.2, 0.25) is 5.91 Å². The highest BCUT2D eigenvalue weighted by Crippen LogP contribution is 2.35. The Balaban J connectivity index is 0.981. The summed E-state index contributed by atoms with van der Waals surface area (Å²) in [4.78, 5) is 61.2. The molecule has 0 saturated carbocycles. The first-order valence-electron chi connectivity index (χ1n) is 18.7. The third-order valence-electron chi connectivity index (χ3n) is 10.2. The van der Waals surface area contributed by atoms with Crippen LogP contribution in [0, 0.1) is 23.7 Å². The second-order valence-electron chi connectivity index (χ2n) is 14.1. The fourth-order valence-corrected chi connectivity index (χ4v) is 7.41. The van der Waals surface area contributed by atoms with E-state index in [0.29, 0.717) is 35.9 Å². The minimum atomic E-state index is -0.884. The van der Waals surface area contributed by atoms with E-state index in [-0.39, 0.29) is 29.9 Å². The van der Waals surface area contributed by atoms with Gasteiger partial charge in [-0.1, -0.05) is 72.5 Å². The number of ether oxygens (including phenoxy) is 1. The zero-order valence-electron chi connectivity index (χ0n) is 31.7. The molecule has 2 aliphatic rings. The lowest BCUT2D eigenvalue weighted by molar-refractivity contribution is -0.137. The number of nitrogens with one attached hydrogen (secondary N) is 3. The molecule has 3 aromatic carbocycles. The molecule has 4 atom stereocenters. The number of H-pyrrole nitrogens is 2. The monoisotopic (exact) mass is 748 g/mol. The van der Waals surface area contributed by atoms with Crippen LogP contribution in [-0.2, 0) is 14.3 Å². The number of carbonyl (C=O) groups is 3. The summed E-state index contributed by atoms with van der Waals surface area (Å²) in [6.45, 7) is 1.23. The van der Waals surface area contributed by atoms with Crippen molar-refractivity contribution in [3.63, 3.8) is 0 Å². The molecule has 12 nitrogen and oxygen atoms in total. The summed E-state index contributed by atoms with van der Waals surface area (Å²) in [6, 6.07) is 25.0. The predicted octanol–water partition coefficient (Wildman–Crippen LogP) is 5.66. The smallest absolute Gasteiger partial charge is 0.407 e. The number of methoxy groups -OCH3 is 1. The van der Waals surface area contributed by atoms with Gasteiger partial charge in [-0.05, 0) is 87.0 Å². The van der Waals surface area contributed by atoms with E-state index in [0.717, 1.165) is 48.2 Å². The second-order valence-corrected chi connectivity index (χ2v) is 14.1. The fraction of sp³-hybridized carbons (Fsp3) is 0.295. The number of likely N-dealkylation sites (N-methyl/N-ethyl adjacent to an activating group) is 1. The standard InChI is InChI=1S/C44H44N8O4/c1-50(2)39(33-14-8-5-9-15-33)43(54)52-27-11-17-37(52)41-46-29-35(48-41)25-23-31-20-18-30(19-21-31)22-24-34-28-45-40(47-34)36-16-10-26-51(36)42(53)38(49-44(55)56-3)32-12-6-4-7-13-32/h4-9,12-15,18-21,28-29,36-39H,10-11,16-17,26-27H2,1-3H3,(H,45,47)(H,46,48)(H,49,55). The molecule has 0 aliphatic carbocycles. The molecule has 7 rings (SSSR count). The highest BCUT2D eigenvalue weighted by Gasteiger charge is 2.38. The quantitative estimate of drug-likeness (QED) is 0.174. The maximum absolute atomic E-state index is 13.8. The maximum atomic E-state index is 13.8. The number of imidazole rings is 2. The molecule has 5 aromatic rings. The van der Waals surface area contributed by atoms with Crippen molar-refractivity contribution in [2.24, 2.45) is 0 Å². The Bertz CT molecular complexity index is 2280. The summed E-state index contributed by atoms with van der Waals surface area (Å²) in [5.74, 6) is 13.9. The Morgan fingerprint density at radius 2 is 1.20 bits per heavy atom. The van der Waals surface area contributed by atoms with Crippen LogP contribution in [0.4, 0.5) is 4.79 Å². The van der Waals surface area contributed by atoms with E-state index in [2.05, 4.69) is 48.9 Å². The molecule has 2 saturated heterocycles. The van der Waals surface area contributed by atoms with Gasteiger partial charge in [-0.2, -0.15) is 0 Å². The van der Waals surface area contributed by atoms with E-state index in [1.807, 2.05) is 109 Å². The van der Waals surface area contributed by atoms with Crippen molar-refractivity contribution in [3.05, 3.63) is 143 Å². The predicted molar refractivity (Wildman–Crippen MR) is 211 cm³/mol. The van der Waals surface area contributed by atoms with Crippen LogP contribution >= 0.6 is 0 Å². The first-order chi connectivity index (χ1) is 27.3. The molecule has 284 valence electrons. The Hall–Kier alpha value is -6.63. The van der Waals surface area contributed by atoms with Gasteiger partial charge in [0.1, 0.15) is 35.1 Å². The van der Waals surface area contributed by atoms with Crippen LogP contribution in [-0.4, -0.2) is 86.8 Å². The van der Waals surface area contributed by atoms with Crippen molar-refractivity contribution in [1.82, 2.24) is 40.0 Å². The molecule has 2 aliphatic heterocycles. The lowest BCUT2D eigenvalue weighted by atomic mass is 10.0. The van der Waals surface area contributed by atoms with Crippen LogP contribution in [0.3, 0.4) is 0 Å². The summed E-state index contributed by atoms with van der Waals surface area (Å²) < 4.78 is 4.80. The van der Waals surface area contributed by atoms with Crippen LogP contribution in [0.1, 0.15) is 95.1 Å². The summed E-state index contributed by atoms with van der Waals surface area (Å²) in [7, 11) is 5.14. The van der Waals surface area contributed by atoms with E-state index in [4.69, 9.17) is 4.74 Å².